The Balaban J connectivity index is 1.21. The molecule has 3 heteroatoms. The molecule has 1 spiro atoms. The van der Waals surface area contributed by atoms with Crippen LogP contribution in [0.3, 0.4) is 0 Å². The first-order valence-corrected chi connectivity index (χ1v) is 20.1. The Hall–Kier alpha value is -7.23. The van der Waals surface area contributed by atoms with Crippen molar-refractivity contribution in [2.45, 2.75) is 24.7 Å². The van der Waals surface area contributed by atoms with Gasteiger partial charge in [0, 0.05) is 22.1 Å². The third-order valence-electron chi connectivity index (χ3n) is 13.0. The molecule has 272 valence electrons. The molecule has 12 rings (SSSR count). The largest absolute Gasteiger partial charge is 0.208 e. The van der Waals surface area contributed by atoms with Gasteiger partial charge in [0.25, 0.3) is 0 Å². The summed E-state index contributed by atoms with van der Waals surface area (Å²) in [5.74, 6) is 1.95. The minimum atomic E-state index is -0.652. The van der Waals surface area contributed by atoms with E-state index in [4.69, 9.17) is 15.0 Å². The van der Waals surface area contributed by atoms with E-state index in [1.807, 2.05) is 36.4 Å². The molecule has 3 aliphatic carbocycles. The van der Waals surface area contributed by atoms with Crippen LogP contribution >= 0.6 is 0 Å². The van der Waals surface area contributed by atoms with E-state index in [9.17, 15) is 0 Å². The second kappa shape index (κ2) is 12.1. The van der Waals surface area contributed by atoms with Crippen LogP contribution in [0.25, 0.3) is 78.7 Å². The van der Waals surface area contributed by atoms with Gasteiger partial charge in [-0.3, -0.25) is 0 Å². The normalized spacial score (nSPS) is 16.0. The molecule has 3 nitrogen and oxygen atoms in total. The molecular formula is C55H37N3. The molecule has 0 radical (unpaired) electrons. The number of benzene rings is 8. The lowest BCUT2D eigenvalue weighted by Gasteiger charge is -2.36. The summed E-state index contributed by atoms with van der Waals surface area (Å²) in [5, 5.41) is 0. The number of rotatable bonds is 3. The minimum absolute atomic E-state index is 0.125. The van der Waals surface area contributed by atoms with E-state index >= 15 is 0 Å². The van der Waals surface area contributed by atoms with Crippen LogP contribution in [0, 0.1) is 0 Å². The molecule has 0 saturated carbocycles. The molecule has 0 aliphatic heterocycles. The second-order valence-electron chi connectivity index (χ2n) is 16.3. The molecule has 58 heavy (non-hydrogen) atoms. The highest BCUT2D eigenvalue weighted by atomic mass is 15.0. The predicted octanol–water partition coefficient (Wildman–Crippen LogP) is 13.2. The summed E-state index contributed by atoms with van der Waals surface area (Å²) in [7, 11) is 0. The van der Waals surface area contributed by atoms with Crippen LogP contribution in [-0.4, -0.2) is 15.0 Å². The van der Waals surface area contributed by atoms with Gasteiger partial charge >= 0.3 is 0 Å². The van der Waals surface area contributed by atoms with Gasteiger partial charge in [-0.25, -0.2) is 15.0 Å². The van der Waals surface area contributed by atoms with Gasteiger partial charge in [0.05, 0.1) is 5.41 Å². The van der Waals surface area contributed by atoms with Crippen molar-refractivity contribution in [3.63, 3.8) is 0 Å². The number of fused-ring (bicyclic) bond motifs is 15. The van der Waals surface area contributed by atoms with Crippen LogP contribution in [0.5, 0.6) is 0 Å². The average Bonchev–Trinajstić information content (AvgIpc) is 3.66. The maximum absolute atomic E-state index is 5.23. The molecule has 9 aromatic rings. The molecule has 1 unspecified atom stereocenters. The van der Waals surface area contributed by atoms with E-state index in [0.29, 0.717) is 17.5 Å². The Morgan fingerprint density at radius 2 is 0.655 bits per heavy atom. The lowest BCUT2D eigenvalue weighted by Crippen LogP contribution is -2.29. The minimum Gasteiger partial charge on any atom is -0.208 e. The van der Waals surface area contributed by atoms with Crippen molar-refractivity contribution in [3.8, 4) is 78.7 Å². The first kappa shape index (κ1) is 33.0. The highest BCUT2D eigenvalue weighted by Gasteiger charge is 2.51. The molecule has 0 bridgehead atoms. The van der Waals surface area contributed by atoms with Crippen LogP contribution in [0.15, 0.2) is 188 Å². The number of hydrogen-bond acceptors (Lipinski definition) is 3. The van der Waals surface area contributed by atoms with E-state index in [2.05, 4.69) is 166 Å². The quantitative estimate of drug-likeness (QED) is 0.181. The smallest absolute Gasteiger partial charge is 0.164 e. The van der Waals surface area contributed by atoms with E-state index in [1.54, 1.807) is 0 Å². The number of nitrogens with zero attached hydrogens (tertiary/aromatic N) is 3. The van der Waals surface area contributed by atoms with Crippen LogP contribution in [0.4, 0.5) is 0 Å². The molecule has 1 atom stereocenters. The molecule has 1 heterocycles. The summed E-state index contributed by atoms with van der Waals surface area (Å²) in [5.41, 5.74) is 20.1. The average molecular weight is 740 g/mol. The molecular weight excluding hydrogens is 703 g/mol. The Morgan fingerprint density at radius 1 is 0.276 bits per heavy atom. The van der Waals surface area contributed by atoms with Crippen molar-refractivity contribution in [3.05, 3.63) is 221 Å². The molecule has 8 aromatic carbocycles. The van der Waals surface area contributed by atoms with Crippen LogP contribution in [0.2, 0.25) is 0 Å². The standard InChI is InChI=1S/C55H37N3/c1-54(2)45-26-14-11-24-40(45)43-33-50-44(32-48(43)54)41-25-13-16-28-47(41)55(50)46-27-15-12-23-39(46)37-21-9-10-22-38(37)42-30-29-36(31-49(42)55)53-57-51(34-17-5-3-6-18-34)56-52(58-53)35-19-7-4-8-20-35/h3-33H,1-2H3. The SMILES string of the molecule is CC1(C)c2ccccc2-c2cc3c(cc21)-c1ccccc1C31c2ccccc2-c2ccccc2-c2ccc(-c3nc(-c4ccccc4)nc(-c4ccccc4)n3)cc21. The maximum Gasteiger partial charge on any atom is 0.164 e. The zero-order valence-electron chi connectivity index (χ0n) is 32.2. The van der Waals surface area contributed by atoms with E-state index in [1.165, 1.54) is 77.9 Å². The third-order valence-corrected chi connectivity index (χ3v) is 13.0. The fraction of sp³-hybridized carbons (Fsp3) is 0.0727. The highest BCUT2D eigenvalue weighted by molar-refractivity contribution is 5.99. The van der Waals surface area contributed by atoms with E-state index in [0.717, 1.165) is 16.7 Å². The lowest BCUT2D eigenvalue weighted by atomic mass is 9.65. The zero-order chi connectivity index (χ0) is 38.6. The van der Waals surface area contributed by atoms with Crippen molar-refractivity contribution in [2.24, 2.45) is 0 Å². The Bertz CT molecular complexity index is 3090. The molecule has 0 saturated heterocycles. The van der Waals surface area contributed by atoms with E-state index < -0.39 is 5.41 Å². The molecule has 0 fully saturated rings. The van der Waals surface area contributed by atoms with Gasteiger partial charge in [-0.15, -0.1) is 0 Å². The summed E-state index contributed by atoms with van der Waals surface area (Å²) in [6.07, 6.45) is 0. The number of hydrogen-bond donors (Lipinski definition) is 0. The summed E-state index contributed by atoms with van der Waals surface area (Å²) in [6, 6.07) is 68.6. The zero-order valence-corrected chi connectivity index (χ0v) is 32.2. The van der Waals surface area contributed by atoms with Gasteiger partial charge < -0.3 is 0 Å². The summed E-state index contributed by atoms with van der Waals surface area (Å²) in [6.45, 7) is 4.75. The Kier molecular flexibility index (Phi) is 6.90. The Morgan fingerprint density at radius 3 is 1.22 bits per heavy atom. The van der Waals surface area contributed by atoms with Gasteiger partial charge in [0.2, 0.25) is 0 Å². The Labute approximate surface area is 338 Å². The van der Waals surface area contributed by atoms with Gasteiger partial charge in [0.15, 0.2) is 17.5 Å². The van der Waals surface area contributed by atoms with Gasteiger partial charge in [-0.05, 0) is 96.1 Å². The fourth-order valence-corrected chi connectivity index (χ4v) is 10.4. The topological polar surface area (TPSA) is 38.7 Å². The first-order valence-electron chi connectivity index (χ1n) is 20.1. The van der Waals surface area contributed by atoms with Crippen molar-refractivity contribution < 1.29 is 0 Å². The monoisotopic (exact) mass is 739 g/mol. The predicted molar refractivity (Wildman–Crippen MR) is 235 cm³/mol. The first-order chi connectivity index (χ1) is 28.5. The third kappa shape index (κ3) is 4.47. The summed E-state index contributed by atoms with van der Waals surface area (Å²) >= 11 is 0. The summed E-state index contributed by atoms with van der Waals surface area (Å²) < 4.78 is 0. The molecule has 3 aliphatic rings. The fourth-order valence-electron chi connectivity index (χ4n) is 10.4. The van der Waals surface area contributed by atoms with Crippen molar-refractivity contribution in [1.29, 1.82) is 0 Å². The van der Waals surface area contributed by atoms with Gasteiger partial charge in [0.1, 0.15) is 0 Å². The van der Waals surface area contributed by atoms with Gasteiger partial charge in [-0.1, -0.05) is 184 Å². The number of aromatic nitrogens is 3. The maximum atomic E-state index is 5.23. The van der Waals surface area contributed by atoms with Crippen molar-refractivity contribution >= 4 is 0 Å². The molecule has 0 amide bonds. The second-order valence-corrected chi connectivity index (χ2v) is 16.3. The van der Waals surface area contributed by atoms with Gasteiger partial charge in [-0.2, -0.15) is 0 Å². The van der Waals surface area contributed by atoms with Crippen molar-refractivity contribution in [2.75, 3.05) is 0 Å². The lowest BCUT2D eigenvalue weighted by molar-refractivity contribution is 0.660. The van der Waals surface area contributed by atoms with Crippen LogP contribution in [-0.2, 0) is 10.8 Å². The molecule has 1 aromatic heterocycles. The highest BCUT2D eigenvalue weighted by Crippen LogP contribution is 2.64. The van der Waals surface area contributed by atoms with Crippen LogP contribution in [0.1, 0.15) is 47.2 Å². The summed E-state index contributed by atoms with van der Waals surface area (Å²) in [4.78, 5) is 15.5. The van der Waals surface area contributed by atoms with Crippen molar-refractivity contribution in [1.82, 2.24) is 15.0 Å². The van der Waals surface area contributed by atoms with E-state index in [-0.39, 0.29) is 5.41 Å². The van der Waals surface area contributed by atoms with Crippen LogP contribution < -0.4 is 0 Å². The molecule has 0 N–H and O–H groups in total.